The molecule has 5 N–H and O–H groups in total. The summed E-state index contributed by atoms with van der Waals surface area (Å²) in [6.45, 7) is 0.700. The summed E-state index contributed by atoms with van der Waals surface area (Å²) in [5, 5.41) is 4.53. The molecule has 0 atom stereocenters. The van der Waals surface area contributed by atoms with E-state index in [0.29, 0.717) is 24.6 Å². The van der Waals surface area contributed by atoms with Gasteiger partial charge in [-0.2, -0.15) is 5.10 Å². The fourth-order valence-corrected chi connectivity index (χ4v) is 3.52. The van der Waals surface area contributed by atoms with Crippen LogP contribution in [0.4, 0.5) is 17.3 Å². The van der Waals surface area contributed by atoms with Gasteiger partial charge in [-0.25, -0.2) is 4.98 Å². The van der Waals surface area contributed by atoms with E-state index in [1.165, 1.54) is 5.56 Å². The summed E-state index contributed by atoms with van der Waals surface area (Å²) >= 11 is 0. The molecule has 1 aliphatic heterocycles. The number of pyridine rings is 2. The molecule has 0 unspecified atom stereocenters. The van der Waals surface area contributed by atoms with Crippen LogP contribution in [0, 0.1) is 0 Å². The SMILES string of the molecule is Nc1cc(Cc2cnn(Cc3cccc(-c4cccnc4)c3)c2)c2c(n1)NNN2. The monoisotopic (exact) mass is 384 g/mol. The normalized spacial score (nSPS) is 12.3. The minimum atomic E-state index is 0.483. The molecule has 0 aliphatic carbocycles. The summed E-state index contributed by atoms with van der Waals surface area (Å²) in [6.07, 6.45) is 8.33. The van der Waals surface area contributed by atoms with E-state index in [-0.39, 0.29) is 0 Å². The summed E-state index contributed by atoms with van der Waals surface area (Å²) in [7, 11) is 0. The molecular formula is C21H20N8. The maximum absolute atomic E-state index is 5.92. The Kier molecular flexibility index (Phi) is 4.30. The molecule has 8 heteroatoms. The zero-order chi connectivity index (χ0) is 19.6. The number of fused-ring (bicyclic) bond motifs is 1. The van der Waals surface area contributed by atoms with E-state index < -0.39 is 0 Å². The van der Waals surface area contributed by atoms with Crippen LogP contribution in [0.5, 0.6) is 0 Å². The predicted molar refractivity (Wildman–Crippen MR) is 113 cm³/mol. The second-order valence-corrected chi connectivity index (χ2v) is 6.97. The van der Waals surface area contributed by atoms with Crippen LogP contribution in [0.25, 0.3) is 11.1 Å². The van der Waals surface area contributed by atoms with Gasteiger partial charge >= 0.3 is 0 Å². The highest BCUT2D eigenvalue weighted by molar-refractivity contribution is 5.74. The van der Waals surface area contributed by atoms with Gasteiger partial charge in [0, 0.05) is 25.0 Å². The second-order valence-electron chi connectivity index (χ2n) is 6.97. The van der Waals surface area contributed by atoms with Crippen molar-refractivity contribution in [3.8, 4) is 11.1 Å². The van der Waals surface area contributed by atoms with Gasteiger partial charge in [0.25, 0.3) is 0 Å². The van der Waals surface area contributed by atoms with Crippen molar-refractivity contribution in [2.45, 2.75) is 13.0 Å². The molecule has 0 radical (unpaired) electrons. The van der Waals surface area contributed by atoms with Crippen molar-refractivity contribution in [1.82, 2.24) is 25.3 Å². The third-order valence-corrected chi connectivity index (χ3v) is 4.84. The molecule has 8 nitrogen and oxygen atoms in total. The number of hydrazine groups is 2. The molecule has 0 amide bonds. The van der Waals surface area contributed by atoms with Crippen LogP contribution in [0.3, 0.4) is 0 Å². The predicted octanol–water partition coefficient (Wildman–Crippen LogP) is 2.82. The number of nitrogens with one attached hydrogen (secondary N) is 3. The maximum atomic E-state index is 5.92. The first-order chi connectivity index (χ1) is 14.2. The van der Waals surface area contributed by atoms with Crippen LogP contribution in [-0.4, -0.2) is 19.7 Å². The number of rotatable bonds is 5. The first-order valence-corrected chi connectivity index (χ1v) is 9.32. The lowest BCUT2D eigenvalue weighted by atomic mass is 10.0. The Balaban J connectivity index is 1.34. The van der Waals surface area contributed by atoms with Crippen molar-refractivity contribution in [3.05, 3.63) is 83.9 Å². The van der Waals surface area contributed by atoms with Gasteiger partial charge in [0.1, 0.15) is 5.82 Å². The van der Waals surface area contributed by atoms with Crippen LogP contribution in [0.1, 0.15) is 16.7 Å². The minimum absolute atomic E-state index is 0.483. The summed E-state index contributed by atoms with van der Waals surface area (Å²) in [5.74, 6) is 1.19. The molecule has 0 fully saturated rings. The summed E-state index contributed by atoms with van der Waals surface area (Å²) in [4.78, 5) is 8.47. The van der Waals surface area contributed by atoms with Crippen molar-refractivity contribution < 1.29 is 0 Å². The third kappa shape index (κ3) is 3.61. The van der Waals surface area contributed by atoms with Gasteiger partial charge in [0.05, 0.1) is 18.4 Å². The Morgan fingerprint density at radius 1 is 0.966 bits per heavy atom. The van der Waals surface area contributed by atoms with Gasteiger partial charge in [-0.1, -0.05) is 24.3 Å². The number of hydrogen-bond donors (Lipinski definition) is 4. The van der Waals surface area contributed by atoms with Crippen LogP contribution in [0.2, 0.25) is 0 Å². The highest BCUT2D eigenvalue weighted by atomic mass is 15.6. The average molecular weight is 384 g/mol. The Labute approximate surface area is 167 Å². The summed E-state index contributed by atoms with van der Waals surface area (Å²) in [6, 6.07) is 14.3. The highest BCUT2D eigenvalue weighted by Crippen LogP contribution is 2.30. The highest BCUT2D eigenvalue weighted by Gasteiger charge is 2.17. The van der Waals surface area contributed by atoms with E-state index in [1.54, 1.807) is 6.20 Å². The van der Waals surface area contributed by atoms with Gasteiger partial charge in [0.15, 0.2) is 5.82 Å². The molecule has 1 aromatic carbocycles. The quantitative estimate of drug-likeness (QED) is 0.419. The fourth-order valence-electron chi connectivity index (χ4n) is 3.52. The lowest BCUT2D eigenvalue weighted by Crippen LogP contribution is -2.19. The molecule has 0 bridgehead atoms. The maximum Gasteiger partial charge on any atom is 0.169 e. The molecule has 144 valence electrons. The number of anilines is 3. The number of nitrogens with zero attached hydrogens (tertiary/aromatic N) is 4. The second kappa shape index (κ2) is 7.25. The largest absolute Gasteiger partial charge is 0.384 e. The van der Waals surface area contributed by atoms with E-state index >= 15 is 0 Å². The number of aromatic nitrogens is 4. The zero-order valence-corrected chi connectivity index (χ0v) is 15.6. The van der Waals surface area contributed by atoms with E-state index in [4.69, 9.17) is 5.73 Å². The topological polar surface area (TPSA) is 106 Å². The van der Waals surface area contributed by atoms with Crippen molar-refractivity contribution in [3.63, 3.8) is 0 Å². The standard InChI is InChI=1S/C21H20N8/c22-19-9-18(20-21(25-19)27-28-26-20)8-15-10-24-29(13-15)12-14-3-1-4-16(7-14)17-5-2-6-23-11-17/h1-7,9-11,13,26,28H,8,12H2,(H3,22,25,27). The van der Waals surface area contributed by atoms with E-state index in [2.05, 4.69) is 68.0 Å². The molecule has 4 aromatic rings. The van der Waals surface area contributed by atoms with Crippen LogP contribution < -0.4 is 22.1 Å². The number of benzene rings is 1. The lowest BCUT2D eigenvalue weighted by Gasteiger charge is -2.07. The smallest absolute Gasteiger partial charge is 0.169 e. The first kappa shape index (κ1) is 17.2. The molecule has 0 spiro atoms. The average Bonchev–Trinajstić information content (AvgIpc) is 3.38. The Bertz CT molecular complexity index is 1150. The number of nitrogens with two attached hydrogens (primary N) is 1. The molecule has 0 saturated heterocycles. The molecule has 3 aromatic heterocycles. The van der Waals surface area contributed by atoms with E-state index in [0.717, 1.165) is 27.9 Å². The Morgan fingerprint density at radius 2 is 1.90 bits per heavy atom. The lowest BCUT2D eigenvalue weighted by molar-refractivity contribution is 0.686. The zero-order valence-electron chi connectivity index (χ0n) is 15.6. The van der Waals surface area contributed by atoms with E-state index in [9.17, 15) is 0 Å². The Hall–Kier alpha value is -3.91. The molecule has 0 saturated carbocycles. The van der Waals surface area contributed by atoms with Gasteiger partial charge in [0.2, 0.25) is 0 Å². The summed E-state index contributed by atoms with van der Waals surface area (Å²) in [5.41, 5.74) is 21.3. The fraction of sp³-hybridized carbons (Fsp3) is 0.0952. The molecule has 29 heavy (non-hydrogen) atoms. The molecule has 1 aliphatic rings. The van der Waals surface area contributed by atoms with Gasteiger partial charge in [-0.15, -0.1) is 5.53 Å². The van der Waals surface area contributed by atoms with Gasteiger partial charge in [-0.05, 0) is 46.0 Å². The van der Waals surface area contributed by atoms with Crippen molar-refractivity contribution in [2.24, 2.45) is 0 Å². The first-order valence-electron chi connectivity index (χ1n) is 9.32. The third-order valence-electron chi connectivity index (χ3n) is 4.84. The van der Waals surface area contributed by atoms with Crippen molar-refractivity contribution in [1.29, 1.82) is 0 Å². The van der Waals surface area contributed by atoms with Crippen molar-refractivity contribution >= 4 is 17.3 Å². The van der Waals surface area contributed by atoms with Crippen molar-refractivity contribution in [2.75, 3.05) is 16.6 Å². The summed E-state index contributed by atoms with van der Waals surface area (Å²) < 4.78 is 1.95. The Morgan fingerprint density at radius 3 is 2.79 bits per heavy atom. The molecule has 4 heterocycles. The van der Waals surface area contributed by atoms with Crippen LogP contribution in [0.15, 0.2) is 67.3 Å². The van der Waals surface area contributed by atoms with E-state index in [1.807, 2.05) is 29.2 Å². The number of hydrogen-bond acceptors (Lipinski definition) is 7. The van der Waals surface area contributed by atoms with Gasteiger partial charge in [-0.3, -0.25) is 15.1 Å². The number of nitrogen functional groups attached to an aromatic ring is 1. The molecule has 5 rings (SSSR count). The van der Waals surface area contributed by atoms with Crippen LogP contribution in [-0.2, 0) is 13.0 Å². The van der Waals surface area contributed by atoms with Crippen LogP contribution >= 0.6 is 0 Å². The molecular weight excluding hydrogens is 364 g/mol. The van der Waals surface area contributed by atoms with Gasteiger partial charge < -0.3 is 11.2 Å². The minimum Gasteiger partial charge on any atom is -0.384 e.